The van der Waals surface area contributed by atoms with Gasteiger partial charge in [0.25, 0.3) is 5.91 Å². The number of fused-ring (bicyclic) bond motifs is 1. The van der Waals surface area contributed by atoms with Crippen LogP contribution in [-0.4, -0.2) is 74.2 Å². The van der Waals surface area contributed by atoms with Crippen LogP contribution in [0.2, 0.25) is 0 Å². The van der Waals surface area contributed by atoms with Crippen molar-refractivity contribution in [2.24, 2.45) is 0 Å². The van der Waals surface area contributed by atoms with Gasteiger partial charge in [0.2, 0.25) is 5.91 Å². The van der Waals surface area contributed by atoms with E-state index in [1.807, 2.05) is 6.92 Å². The van der Waals surface area contributed by atoms with Crippen molar-refractivity contribution in [3.63, 3.8) is 0 Å². The van der Waals surface area contributed by atoms with Gasteiger partial charge in [0, 0.05) is 37.5 Å². The monoisotopic (exact) mass is 496 g/mol. The molecule has 3 atom stereocenters. The van der Waals surface area contributed by atoms with Crippen LogP contribution in [0.15, 0.2) is 43.1 Å². The zero-order chi connectivity index (χ0) is 25.2. The lowest BCUT2D eigenvalue weighted by Crippen LogP contribution is -2.56. The minimum absolute atomic E-state index is 0.114. The molecule has 8 nitrogen and oxygen atoms in total. The second-order valence-corrected chi connectivity index (χ2v) is 9.59. The highest BCUT2D eigenvalue weighted by Gasteiger charge is 2.37. The molecule has 2 aromatic heterocycles. The van der Waals surface area contributed by atoms with Crippen molar-refractivity contribution in [1.29, 1.82) is 0 Å². The summed E-state index contributed by atoms with van der Waals surface area (Å²) in [4.78, 5) is 39.1. The first-order valence-corrected chi connectivity index (χ1v) is 12.5. The van der Waals surface area contributed by atoms with Gasteiger partial charge in [-0.05, 0) is 56.5 Å². The van der Waals surface area contributed by atoms with E-state index < -0.39 is 17.7 Å². The molecule has 3 aromatic rings. The van der Waals surface area contributed by atoms with E-state index in [0.29, 0.717) is 30.5 Å². The molecule has 2 fully saturated rings. The third-order valence-electron chi connectivity index (χ3n) is 7.35. The van der Waals surface area contributed by atoms with Gasteiger partial charge < -0.3 is 14.6 Å². The van der Waals surface area contributed by atoms with Gasteiger partial charge in [-0.3, -0.25) is 14.5 Å². The van der Waals surface area contributed by atoms with Gasteiger partial charge in [0.1, 0.15) is 11.6 Å². The zero-order valence-corrected chi connectivity index (χ0v) is 20.2. The molecule has 1 N–H and O–H groups in total. The number of hydrogen-bond acceptors (Lipinski definition) is 5. The molecule has 36 heavy (non-hydrogen) atoms. The number of aromatic nitrogens is 3. The molecule has 0 saturated carbocycles. The van der Waals surface area contributed by atoms with E-state index in [1.165, 1.54) is 12.1 Å². The van der Waals surface area contributed by atoms with Crippen LogP contribution < -0.4 is 5.32 Å². The molecule has 2 aliphatic heterocycles. The standard InChI is InChI=1S/C26H30F2N6O2/c1-2-22(32-7-3-4-8-32)25(35)31-21-15-33(9-5-20(21)17-11-18(27)13-19(28)12-17)26(36)24-23-14-29-16-34(23)10-6-30-24/h6,10-14,16,20-22H,2-5,7-9,15H2,1H3,(H,31,35)/t20-,21+,22+/m0/s1. The summed E-state index contributed by atoms with van der Waals surface area (Å²) in [6.07, 6.45) is 9.69. The van der Waals surface area contributed by atoms with Crippen LogP contribution in [0, 0.1) is 11.6 Å². The number of nitrogens with one attached hydrogen (secondary N) is 1. The van der Waals surface area contributed by atoms with E-state index in [0.717, 1.165) is 32.0 Å². The minimum Gasteiger partial charge on any atom is -0.350 e. The molecule has 0 aliphatic carbocycles. The summed E-state index contributed by atoms with van der Waals surface area (Å²) in [5, 5.41) is 3.15. The Morgan fingerprint density at radius 1 is 1.14 bits per heavy atom. The second-order valence-electron chi connectivity index (χ2n) is 9.59. The summed E-state index contributed by atoms with van der Waals surface area (Å²) in [7, 11) is 0. The molecule has 4 heterocycles. The van der Waals surface area contributed by atoms with Crippen LogP contribution in [0.3, 0.4) is 0 Å². The maximum absolute atomic E-state index is 14.1. The van der Waals surface area contributed by atoms with Gasteiger partial charge in [-0.15, -0.1) is 0 Å². The van der Waals surface area contributed by atoms with Crippen molar-refractivity contribution < 1.29 is 18.4 Å². The Kier molecular flexibility index (Phi) is 6.95. The highest BCUT2D eigenvalue weighted by atomic mass is 19.1. The Morgan fingerprint density at radius 3 is 2.61 bits per heavy atom. The molecule has 2 aliphatic rings. The number of carbonyl (C=O) groups excluding carboxylic acids is 2. The number of piperidine rings is 1. The quantitative estimate of drug-likeness (QED) is 0.568. The van der Waals surface area contributed by atoms with Gasteiger partial charge >= 0.3 is 0 Å². The highest BCUT2D eigenvalue weighted by molar-refractivity contribution is 5.98. The molecule has 0 radical (unpaired) electrons. The average Bonchev–Trinajstić information content (AvgIpc) is 3.56. The fourth-order valence-electron chi connectivity index (χ4n) is 5.58. The Hall–Kier alpha value is -3.40. The zero-order valence-electron chi connectivity index (χ0n) is 20.2. The number of benzene rings is 1. The smallest absolute Gasteiger partial charge is 0.274 e. The summed E-state index contributed by atoms with van der Waals surface area (Å²) in [6, 6.07) is 2.70. The van der Waals surface area contributed by atoms with Crippen molar-refractivity contribution in [2.45, 2.75) is 50.6 Å². The molecule has 5 rings (SSSR count). The van der Waals surface area contributed by atoms with Gasteiger partial charge in [0.05, 0.1) is 30.1 Å². The van der Waals surface area contributed by atoms with E-state index in [9.17, 15) is 18.4 Å². The van der Waals surface area contributed by atoms with Gasteiger partial charge in [-0.2, -0.15) is 0 Å². The molecule has 190 valence electrons. The fraction of sp³-hybridized carbons (Fsp3) is 0.462. The van der Waals surface area contributed by atoms with Gasteiger partial charge in [-0.1, -0.05) is 6.92 Å². The van der Waals surface area contributed by atoms with Crippen molar-refractivity contribution >= 4 is 17.3 Å². The van der Waals surface area contributed by atoms with Gasteiger partial charge in [0.15, 0.2) is 5.69 Å². The van der Waals surface area contributed by atoms with E-state index in [1.54, 1.807) is 34.2 Å². The van der Waals surface area contributed by atoms with Crippen molar-refractivity contribution in [3.05, 3.63) is 66.0 Å². The topological polar surface area (TPSA) is 82.8 Å². The Balaban J connectivity index is 1.42. The molecular formula is C26H30F2N6O2. The largest absolute Gasteiger partial charge is 0.350 e. The van der Waals surface area contributed by atoms with Gasteiger partial charge in [-0.25, -0.2) is 18.7 Å². The number of halogens is 2. The number of likely N-dealkylation sites (tertiary alicyclic amines) is 2. The second kappa shape index (κ2) is 10.3. The molecule has 1 aromatic carbocycles. The van der Waals surface area contributed by atoms with Crippen molar-refractivity contribution in [3.8, 4) is 0 Å². The molecule has 0 bridgehead atoms. The lowest BCUT2D eigenvalue weighted by molar-refractivity contribution is -0.127. The number of hydrogen-bond donors (Lipinski definition) is 1. The number of rotatable bonds is 6. The number of carbonyl (C=O) groups is 2. The number of imidazole rings is 1. The number of nitrogens with zero attached hydrogens (tertiary/aromatic N) is 5. The molecule has 0 unspecified atom stereocenters. The molecule has 2 saturated heterocycles. The summed E-state index contributed by atoms with van der Waals surface area (Å²) in [5.41, 5.74) is 1.35. The minimum atomic E-state index is -0.659. The van der Waals surface area contributed by atoms with E-state index in [2.05, 4.69) is 20.2 Å². The predicted molar refractivity (Wildman–Crippen MR) is 129 cm³/mol. The van der Waals surface area contributed by atoms with Crippen molar-refractivity contribution in [1.82, 2.24) is 29.5 Å². The summed E-state index contributed by atoms with van der Waals surface area (Å²) >= 11 is 0. The first-order chi connectivity index (χ1) is 17.4. The van der Waals surface area contributed by atoms with E-state index in [-0.39, 0.29) is 36.0 Å². The average molecular weight is 497 g/mol. The maximum Gasteiger partial charge on any atom is 0.274 e. The van der Waals surface area contributed by atoms with Crippen LogP contribution in [0.5, 0.6) is 0 Å². The first kappa shape index (κ1) is 24.3. The lowest BCUT2D eigenvalue weighted by Gasteiger charge is -2.40. The van der Waals surface area contributed by atoms with Crippen LogP contribution in [0.1, 0.15) is 54.6 Å². The summed E-state index contributed by atoms with van der Waals surface area (Å²) < 4.78 is 29.9. The first-order valence-electron chi connectivity index (χ1n) is 12.5. The third kappa shape index (κ3) is 4.82. The SMILES string of the molecule is CC[C@H](C(=O)N[C@@H]1CN(C(=O)c2nccn3cncc23)CC[C@H]1c1cc(F)cc(F)c1)N1CCCC1. The van der Waals surface area contributed by atoms with Crippen LogP contribution in [0.4, 0.5) is 8.78 Å². The highest BCUT2D eigenvalue weighted by Crippen LogP contribution is 2.31. The van der Waals surface area contributed by atoms with Crippen LogP contribution in [-0.2, 0) is 4.79 Å². The molecule has 10 heteroatoms. The Labute approximate surface area is 208 Å². The Bertz CT molecular complexity index is 1240. The maximum atomic E-state index is 14.1. The normalized spacial score (nSPS) is 21.6. The molecule has 0 spiro atoms. The predicted octanol–water partition coefficient (Wildman–Crippen LogP) is 3.00. The van der Waals surface area contributed by atoms with Crippen LogP contribution in [0.25, 0.3) is 5.52 Å². The molecular weight excluding hydrogens is 466 g/mol. The van der Waals surface area contributed by atoms with E-state index in [4.69, 9.17) is 0 Å². The number of amides is 2. The Morgan fingerprint density at radius 2 is 1.89 bits per heavy atom. The van der Waals surface area contributed by atoms with Crippen molar-refractivity contribution in [2.75, 3.05) is 26.2 Å². The van der Waals surface area contributed by atoms with E-state index >= 15 is 0 Å². The lowest BCUT2D eigenvalue weighted by atomic mass is 9.84. The third-order valence-corrected chi connectivity index (χ3v) is 7.35. The fourth-order valence-corrected chi connectivity index (χ4v) is 5.58. The summed E-state index contributed by atoms with van der Waals surface area (Å²) in [6.45, 7) is 4.31. The molecule has 2 amide bonds. The van der Waals surface area contributed by atoms with Crippen LogP contribution >= 0.6 is 0 Å². The summed E-state index contributed by atoms with van der Waals surface area (Å²) in [5.74, 6) is -2.03.